The van der Waals surface area contributed by atoms with Gasteiger partial charge in [0.1, 0.15) is 6.04 Å². The second-order valence-corrected chi connectivity index (χ2v) is 7.37. The molecule has 0 fully saturated rings. The highest BCUT2D eigenvalue weighted by Gasteiger charge is 2.31. The first-order valence-electron chi connectivity index (χ1n) is 9.04. The van der Waals surface area contributed by atoms with Gasteiger partial charge in [-0.1, -0.05) is 39.8 Å². The Kier molecular flexibility index (Phi) is 8.36. The Morgan fingerprint density at radius 3 is 2.04 bits per heavy atom. The largest absolute Gasteiger partial charge is 0.357 e. The molecule has 0 aliphatic heterocycles. The van der Waals surface area contributed by atoms with E-state index in [0.717, 1.165) is 5.56 Å². The average Bonchev–Trinajstić information content (AvgIpc) is 2.58. The van der Waals surface area contributed by atoms with Crippen LogP contribution in [0.1, 0.15) is 33.3 Å². The molecule has 0 spiro atoms. The van der Waals surface area contributed by atoms with Gasteiger partial charge >= 0.3 is 0 Å². The number of benzene rings is 1. The Labute approximate surface area is 160 Å². The third-order valence-electron chi connectivity index (χ3n) is 4.45. The van der Waals surface area contributed by atoms with Crippen molar-refractivity contribution in [2.45, 2.75) is 46.3 Å². The fraction of sp³-hybridized carbons (Fsp3) is 0.579. The van der Waals surface area contributed by atoms with E-state index in [9.17, 15) is 19.7 Å². The summed E-state index contributed by atoms with van der Waals surface area (Å²) in [7, 11) is 3.38. The molecule has 2 N–H and O–H groups in total. The van der Waals surface area contributed by atoms with Crippen LogP contribution in [0.5, 0.6) is 0 Å². The molecule has 8 heteroatoms. The third-order valence-corrected chi connectivity index (χ3v) is 4.45. The molecule has 0 saturated heterocycles. The lowest BCUT2D eigenvalue weighted by Gasteiger charge is -2.32. The third kappa shape index (κ3) is 6.32. The number of hydrogen-bond acceptors (Lipinski definition) is 5. The van der Waals surface area contributed by atoms with Crippen molar-refractivity contribution < 1.29 is 14.5 Å². The second-order valence-electron chi connectivity index (χ2n) is 7.37. The van der Waals surface area contributed by atoms with Gasteiger partial charge in [0.15, 0.2) is 0 Å². The van der Waals surface area contributed by atoms with Crippen molar-refractivity contribution in [3.05, 3.63) is 39.9 Å². The summed E-state index contributed by atoms with van der Waals surface area (Å²) in [5.74, 6) is -0.456. The van der Waals surface area contributed by atoms with Gasteiger partial charge in [0.05, 0.1) is 11.0 Å². The number of carbonyl (C=O) groups is 2. The van der Waals surface area contributed by atoms with Crippen LogP contribution in [0.3, 0.4) is 0 Å². The molecular weight excluding hydrogens is 348 g/mol. The van der Waals surface area contributed by atoms with Crippen LogP contribution in [0.25, 0.3) is 0 Å². The first-order valence-corrected chi connectivity index (χ1v) is 9.04. The van der Waals surface area contributed by atoms with E-state index >= 15 is 0 Å². The molecule has 1 aromatic carbocycles. The number of nitrogens with zero attached hydrogens (tertiary/aromatic N) is 2. The average molecular weight is 378 g/mol. The minimum absolute atomic E-state index is 0.0190. The van der Waals surface area contributed by atoms with E-state index in [0.29, 0.717) is 6.54 Å². The molecule has 1 rings (SSSR count). The van der Waals surface area contributed by atoms with Crippen molar-refractivity contribution in [1.82, 2.24) is 15.5 Å². The molecule has 27 heavy (non-hydrogen) atoms. The minimum atomic E-state index is -0.600. The zero-order chi connectivity index (χ0) is 20.7. The number of nitrogens with one attached hydrogen (secondary N) is 2. The summed E-state index contributed by atoms with van der Waals surface area (Å²) in [6.45, 7) is 8.11. The summed E-state index contributed by atoms with van der Waals surface area (Å²) in [6.07, 6.45) is 0. The van der Waals surface area contributed by atoms with Gasteiger partial charge in [-0.25, -0.2) is 0 Å². The molecule has 2 amide bonds. The molecule has 8 nitrogen and oxygen atoms in total. The molecule has 0 radical (unpaired) electrons. The number of nitro groups is 1. The van der Waals surface area contributed by atoms with Crippen LogP contribution in [-0.4, -0.2) is 47.8 Å². The van der Waals surface area contributed by atoms with Crippen molar-refractivity contribution in [3.8, 4) is 0 Å². The van der Waals surface area contributed by atoms with Crippen molar-refractivity contribution >= 4 is 17.5 Å². The van der Waals surface area contributed by atoms with E-state index < -0.39 is 17.0 Å². The molecule has 0 saturated carbocycles. The number of non-ortho nitro benzene ring substituents is 1. The van der Waals surface area contributed by atoms with Crippen LogP contribution in [0, 0.1) is 22.0 Å². The summed E-state index contributed by atoms with van der Waals surface area (Å²) in [4.78, 5) is 37.1. The zero-order valence-electron chi connectivity index (χ0n) is 16.9. The van der Waals surface area contributed by atoms with Crippen LogP contribution in [0.15, 0.2) is 24.3 Å². The van der Waals surface area contributed by atoms with Gasteiger partial charge in [0.2, 0.25) is 11.8 Å². The van der Waals surface area contributed by atoms with E-state index in [1.165, 1.54) is 12.1 Å². The Bertz CT molecular complexity index is 658. The Morgan fingerprint density at radius 1 is 1.07 bits per heavy atom. The molecule has 1 unspecified atom stereocenters. The van der Waals surface area contributed by atoms with Gasteiger partial charge in [0, 0.05) is 25.7 Å². The predicted octanol–water partition coefficient (Wildman–Crippen LogP) is 1.94. The molecule has 0 bridgehead atoms. The van der Waals surface area contributed by atoms with Gasteiger partial charge < -0.3 is 10.6 Å². The highest BCUT2D eigenvalue weighted by atomic mass is 16.6. The number of carbonyl (C=O) groups excluding carboxylic acids is 2. The van der Waals surface area contributed by atoms with Gasteiger partial charge in [-0.2, -0.15) is 0 Å². The van der Waals surface area contributed by atoms with Crippen molar-refractivity contribution in [1.29, 1.82) is 0 Å². The highest BCUT2D eigenvalue weighted by molar-refractivity contribution is 5.89. The van der Waals surface area contributed by atoms with Gasteiger partial charge in [-0.05, 0) is 24.4 Å². The first kappa shape index (κ1) is 22.6. The van der Waals surface area contributed by atoms with E-state index in [-0.39, 0.29) is 29.3 Å². The van der Waals surface area contributed by atoms with E-state index in [2.05, 4.69) is 10.6 Å². The molecule has 0 aliphatic carbocycles. The second kappa shape index (κ2) is 10.0. The summed E-state index contributed by atoms with van der Waals surface area (Å²) < 4.78 is 0. The number of likely N-dealkylation sites (N-methyl/N-ethyl adjacent to an activating group) is 2. The molecule has 0 aromatic heterocycles. The summed E-state index contributed by atoms with van der Waals surface area (Å²) >= 11 is 0. The van der Waals surface area contributed by atoms with E-state index in [1.54, 1.807) is 19.2 Å². The Morgan fingerprint density at radius 2 is 1.63 bits per heavy atom. The molecule has 150 valence electrons. The smallest absolute Gasteiger partial charge is 0.269 e. The number of nitro benzene ring substituents is 1. The maximum Gasteiger partial charge on any atom is 0.269 e. The number of rotatable bonds is 9. The lowest BCUT2D eigenvalue weighted by atomic mass is 9.98. The summed E-state index contributed by atoms with van der Waals surface area (Å²) in [6, 6.07) is 5.24. The fourth-order valence-electron chi connectivity index (χ4n) is 3.05. The first-order chi connectivity index (χ1) is 12.6. The van der Waals surface area contributed by atoms with Crippen molar-refractivity contribution in [2.75, 3.05) is 14.1 Å². The number of amides is 2. The molecule has 0 heterocycles. The monoisotopic (exact) mass is 378 g/mol. The predicted molar refractivity (Wildman–Crippen MR) is 104 cm³/mol. The molecular formula is C19H30N4O4. The highest BCUT2D eigenvalue weighted by Crippen LogP contribution is 2.17. The van der Waals surface area contributed by atoms with Crippen LogP contribution >= 0.6 is 0 Å². The van der Waals surface area contributed by atoms with Crippen LogP contribution < -0.4 is 10.6 Å². The quantitative estimate of drug-likeness (QED) is 0.505. The van der Waals surface area contributed by atoms with E-state index in [1.807, 2.05) is 39.6 Å². The van der Waals surface area contributed by atoms with Gasteiger partial charge in [-0.15, -0.1) is 0 Å². The van der Waals surface area contributed by atoms with E-state index in [4.69, 9.17) is 0 Å². The standard InChI is InChI=1S/C19H30N4O4/c1-12(2)16(18(24)20-5)21-19(25)17(13(3)4)22(6)11-14-7-9-15(10-8-14)23(26)27/h7-10,12-13,16-17H,11H2,1-6H3,(H,20,24)(H,21,25)/t16?,17-/m0/s1. The fourth-order valence-corrected chi connectivity index (χ4v) is 3.05. The molecule has 1 aromatic rings. The van der Waals surface area contributed by atoms with Crippen LogP contribution in [-0.2, 0) is 16.1 Å². The van der Waals surface area contributed by atoms with Crippen LogP contribution in [0.4, 0.5) is 5.69 Å². The summed E-state index contributed by atoms with van der Waals surface area (Å²) in [5, 5.41) is 16.2. The lowest BCUT2D eigenvalue weighted by molar-refractivity contribution is -0.384. The SMILES string of the molecule is CNC(=O)C(NC(=O)[C@H](C(C)C)N(C)Cc1ccc([N+](=O)[O-])cc1)C(C)C. The molecule has 2 atom stereocenters. The van der Waals surface area contributed by atoms with Crippen LogP contribution in [0.2, 0.25) is 0 Å². The summed E-state index contributed by atoms with van der Waals surface area (Å²) in [5.41, 5.74) is 0.901. The Hall–Kier alpha value is -2.48. The molecule has 0 aliphatic rings. The van der Waals surface area contributed by atoms with Crippen molar-refractivity contribution in [2.24, 2.45) is 11.8 Å². The van der Waals surface area contributed by atoms with Gasteiger partial charge in [0.25, 0.3) is 5.69 Å². The van der Waals surface area contributed by atoms with Gasteiger partial charge in [-0.3, -0.25) is 24.6 Å². The Balaban J connectivity index is 2.90. The maximum atomic E-state index is 12.9. The maximum absolute atomic E-state index is 12.9. The minimum Gasteiger partial charge on any atom is -0.357 e. The normalized spacial score (nSPS) is 13.5. The lowest BCUT2D eigenvalue weighted by Crippen LogP contribution is -2.55. The zero-order valence-corrected chi connectivity index (χ0v) is 16.9. The van der Waals surface area contributed by atoms with Crippen molar-refractivity contribution in [3.63, 3.8) is 0 Å². The number of hydrogen-bond donors (Lipinski definition) is 2. The topological polar surface area (TPSA) is 105 Å².